The summed E-state index contributed by atoms with van der Waals surface area (Å²) in [6.07, 6.45) is 7.18. The standard InChI is InChI=1S/C24H26N6O.HI/c1-3-26-24(27-14-20-6-4-5-7-22(20)30-13-12-25-17-30)28-15-21-16-31-23(29-21)19-10-8-18(2)9-11-19;/h4-13,16-17H,3,14-15H2,1-2H3,(H2,26,27,28);1H. The predicted molar refractivity (Wildman–Crippen MR) is 137 cm³/mol. The van der Waals surface area contributed by atoms with Gasteiger partial charge in [-0.05, 0) is 37.6 Å². The molecule has 0 bridgehead atoms. The molecular weight excluding hydrogens is 515 g/mol. The summed E-state index contributed by atoms with van der Waals surface area (Å²) in [6, 6.07) is 16.3. The van der Waals surface area contributed by atoms with Crippen LogP contribution >= 0.6 is 24.0 Å². The molecule has 2 aromatic carbocycles. The molecule has 0 radical (unpaired) electrons. The summed E-state index contributed by atoms with van der Waals surface area (Å²) < 4.78 is 7.64. The number of halogens is 1. The van der Waals surface area contributed by atoms with E-state index in [9.17, 15) is 0 Å². The number of imidazole rings is 1. The summed E-state index contributed by atoms with van der Waals surface area (Å²) in [5, 5.41) is 6.62. The number of guanidine groups is 1. The number of aromatic nitrogens is 3. The quantitative estimate of drug-likeness (QED) is 0.201. The maximum atomic E-state index is 5.65. The van der Waals surface area contributed by atoms with Gasteiger partial charge in [0.05, 0.1) is 30.8 Å². The van der Waals surface area contributed by atoms with Crippen LogP contribution in [-0.4, -0.2) is 27.0 Å². The van der Waals surface area contributed by atoms with Gasteiger partial charge in [-0.1, -0.05) is 35.9 Å². The van der Waals surface area contributed by atoms with E-state index in [1.807, 2.05) is 42.0 Å². The van der Waals surface area contributed by atoms with E-state index in [1.54, 1.807) is 18.8 Å². The Balaban J connectivity index is 0.00000289. The Kier molecular flexibility index (Phi) is 8.43. The summed E-state index contributed by atoms with van der Waals surface area (Å²) in [7, 11) is 0. The Bertz CT molecular complexity index is 1140. The highest BCUT2D eigenvalue weighted by Crippen LogP contribution is 2.19. The van der Waals surface area contributed by atoms with Gasteiger partial charge >= 0.3 is 0 Å². The number of oxazole rings is 1. The topological polar surface area (TPSA) is 80.3 Å². The molecule has 0 aliphatic rings. The van der Waals surface area contributed by atoms with Crippen molar-refractivity contribution in [3.8, 4) is 17.1 Å². The fraction of sp³-hybridized carbons (Fsp3) is 0.208. The van der Waals surface area contributed by atoms with Crippen LogP contribution in [0.25, 0.3) is 17.1 Å². The van der Waals surface area contributed by atoms with Crippen molar-refractivity contribution in [1.82, 2.24) is 25.2 Å². The average Bonchev–Trinajstić information content (AvgIpc) is 3.49. The largest absolute Gasteiger partial charge is 0.444 e. The van der Waals surface area contributed by atoms with E-state index in [2.05, 4.69) is 51.8 Å². The fourth-order valence-corrected chi connectivity index (χ4v) is 3.20. The van der Waals surface area contributed by atoms with Crippen molar-refractivity contribution >= 4 is 29.9 Å². The molecule has 4 aromatic rings. The third kappa shape index (κ3) is 5.97. The van der Waals surface area contributed by atoms with Crippen molar-refractivity contribution in [3.05, 3.63) is 90.3 Å². The van der Waals surface area contributed by atoms with E-state index in [4.69, 9.17) is 9.41 Å². The van der Waals surface area contributed by atoms with E-state index in [1.165, 1.54) is 5.56 Å². The molecule has 2 N–H and O–H groups in total. The van der Waals surface area contributed by atoms with Gasteiger partial charge in [-0.15, -0.1) is 24.0 Å². The minimum absolute atomic E-state index is 0. The van der Waals surface area contributed by atoms with E-state index in [-0.39, 0.29) is 24.0 Å². The number of aryl methyl sites for hydroxylation is 1. The van der Waals surface area contributed by atoms with Crippen LogP contribution in [0.15, 0.2) is 82.9 Å². The lowest BCUT2D eigenvalue weighted by Gasteiger charge is -2.12. The van der Waals surface area contributed by atoms with Crippen LogP contribution in [0.5, 0.6) is 0 Å². The fourth-order valence-electron chi connectivity index (χ4n) is 3.20. The zero-order valence-corrected chi connectivity index (χ0v) is 20.5. The molecule has 0 saturated carbocycles. The molecule has 0 atom stereocenters. The van der Waals surface area contributed by atoms with Gasteiger partial charge in [0.15, 0.2) is 5.96 Å². The zero-order chi connectivity index (χ0) is 21.5. The molecule has 7 nitrogen and oxygen atoms in total. The highest BCUT2D eigenvalue weighted by atomic mass is 127. The summed E-state index contributed by atoms with van der Waals surface area (Å²) in [6.45, 7) is 5.93. The summed E-state index contributed by atoms with van der Waals surface area (Å²) >= 11 is 0. The van der Waals surface area contributed by atoms with Gasteiger partial charge in [-0.25, -0.2) is 15.0 Å². The van der Waals surface area contributed by atoms with E-state index in [0.29, 0.717) is 19.0 Å². The van der Waals surface area contributed by atoms with Crippen LogP contribution in [0.2, 0.25) is 0 Å². The van der Waals surface area contributed by atoms with Crippen LogP contribution in [-0.2, 0) is 13.1 Å². The van der Waals surface area contributed by atoms with E-state index in [0.717, 1.165) is 35.0 Å². The molecule has 8 heteroatoms. The Morgan fingerprint density at radius 3 is 2.66 bits per heavy atom. The van der Waals surface area contributed by atoms with Gasteiger partial charge in [0.1, 0.15) is 6.26 Å². The van der Waals surface area contributed by atoms with Crippen LogP contribution in [0.3, 0.4) is 0 Å². The SMILES string of the molecule is CCNC(=NCc1ccccc1-n1ccnc1)NCc1coc(-c2ccc(C)cc2)n1.I. The number of aliphatic imine (C=N–C) groups is 1. The number of nitrogens with zero attached hydrogens (tertiary/aromatic N) is 4. The van der Waals surface area contributed by atoms with Crippen molar-refractivity contribution < 1.29 is 4.42 Å². The van der Waals surface area contributed by atoms with Crippen LogP contribution in [0, 0.1) is 6.92 Å². The first-order chi connectivity index (χ1) is 15.2. The number of para-hydroxylation sites is 1. The molecule has 0 fully saturated rings. The second-order valence-corrected chi connectivity index (χ2v) is 7.16. The van der Waals surface area contributed by atoms with E-state index >= 15 is 0 Å². The molecule has 0 unspecified atom stereocenters. The van der Waals surface area contributed by atoms with E-state index < -0.39 is 0 Å². The molecule has 0 aliphatic carbocycles. The van der Waals surface area contributed by atoms with Crippen molar-refractivity contribution in [2.75, 3.05) is 6.54 Å². The Hall–Kier alpha value is -3.14. The molecule has 4 rings (SSSR count). The Morgan fingerprint density at radius 2 is 1.91 bits per heavy atom. The monoisotopic (exact) mass is 542 g/mol. The van der Waals surface area contributed by atoms with Gasteiger partial charge in [-0.3, -0.25) is 0 Å². The summed E-state index contributed by atoms with van der Waals surface area (Å²) in [5.41, 5.74) is 5.17. The molecule has 0 aliphatic heterocycles. The highest BCUT2D eigenvalue weighted by Gasteiger charge is 2.08. The van der Waals surface area contributed by atoms with Gasteiger partial charge in [0.2, 0.25) is 5.89 Å². The molecular formula is C24H27IN6O. The zero-order valence-electron chi connectivity index (χ0n) is 18.2. The maximum absolute atomic E-state index is 5.65. The minimum Gasteiger partial charge on any atom is -0.444 e. The van der Waals surface area contributed by atoms with Gasteiger partial charge in [0.25, 0.3) is 0 Å². The lowest BCUT2D eigenvalue weighted by atomic mass is 10.1. The molecule has 0 amide bonds. The molecule has 166 valence electrons. The average molecular weight is 542 g/mol. The Labute approximate surface area is 205 Å². The molecule has 0 spiro atoms. The Morgan fingerprint density at radius 1 is 1.09 bits per heavy atom. The first kappa shape index (κ1) is 23.5. The second-order valence-electron chi connectivity index (χ2n) is 7.16. The predicted octanol–water partition coefficient (Wildman–Crippen LogP) is 4.71. The number of rotatable bonds is 7. The molecule has 2 heterocycles. The first-order valence-electron chi connectivity index (χ1n) is 10.3. The smallest absolute Gasteiger partial charge is 0.226 e. The third-order valence-corrected chi connectivity index (χ3v) is 4.81. The third-order valence-electron chi connectivity index (χ3n) is 4.81. The van der Waals surface area contributed by atoms with Crippen LogP contribution in [0.1, 0.15) is 23.7 Å². The summed E-state index contributed by atoms with van der Waals surface area (Å²) in [5.74, 6) is 1.34. The number of hydrogen-bond donors (Lipinski definition) is 2. The van der Waals surface area contributed by atoms with Crippen LogP contribution in [0.4, 0.5) is 0 Å². The van der Waals surface area contributed by atoms with Gasteiger partial charge < -0.3 is 19.6 Å². The lowest BCUT2D eigenvalue weighted by molar-refractivity contribution is 0.572. The molecule has 0 saturated heterocycles. The van der Waals surface area contributed by atoms with Crippen LogP contribution < -0.4 is 10.6 Å². The van der Waals surface area contributed by atoms with Crippen molar-refractivity contribution in [2.24, 2.45) is 4.99 Å². The number of nitrogens with one attached hydrogen (secondary N) is 2. The number of hydrogen-bond acceptors (Lipinski definition) is 4. The minimum atomic E-state index is 0. The van der Waals surface area contributed by atoms with Crippen molar-refractivity contribution in [1.29, 1.82) is 0 Å². The highest BCUT2D eigenvalue weighted by molar-refractivity contribution is 14.0. The van der Waals surface area contributed by atoms with Crippen molar-refractivity contribution in [2.45, 2.75) is 26.9 Å². The first-order valence-corrected chi connectivity index (χ1v) is 10.3. The van der Waals surface area contributed by atoms with Crippen molar-refractivity contribution in [3.63, 3.8) is 0 Å². The second kappa shape index (κ2) is 11.5. The maximum Gasteiger partial charge on any atom is 0.226 e. The lowest BCUT2D eigenvalue weighted by Crippen LogP contribution is -2.36. The molecule has 32 heavy (non-hydrogen) atoms. The molecule has 2 aromatic heterocycles. The number of benzene rings is 2. The summed E-state index contributed by atoms with van der Waals surface area (Å²) in [4.78, 5) is 13.5. The van der Waals surface area contributed by atoms with Gasteiger partial charge in [0, 0.05) is 24.5 Å². The van der Waals surface area contributed by atoms with Gasteiger partial charge in [-0.2, -0.15) is 0 Å². The normalized spacial score (nSPS) is 11.1.